The summed E-state index contributed by atoms with van der Waals surface area (Å²) in [5.74, 6) is 1.19. The van der Waals surface area contributed by atoms with E-state index in [9.17, 15) is 9.59 Å². The molecule has 1 aromatic heterocycles. The standard InChI is InChI=1S/C20H24N2O3/c1-16-6-4-8-18(12-16)25-15-17-7-5-11-21(13-17)20(24)14-22-10-3-2-9-19(22)23/h2-4,6,8-10,12,17H,5,7,11,13-15H2,1H3. The summed E-state index contributed by atoms with van der Waals surface area (Å²) in [6.45, 7) is 4.19. The number of carbonyl (C=O) groups is 1. The van der Waals surface area contributed by atoms with Crippen molar-refractivity contribution in [2.45, 2.75) is 26.3 Å². The Bertz CT molecular complexity index is 784. The molecule has 1 atom stereocenters. The molecule has 0 bridgehead atoms. The number of amides is 1. The average Bonchev–Trinajstić information content (AvgIpc) is 2.62. The maximum absolute atomic E-state index is 12.5. The first-order valence-corrected chi connectivity index (χ1v) is 8.74. The summed E-state index contributed by atoms with van der Waals surface area (Å²) in [5, 5.41) is 0. The Balaban J connectivity index is 1.54. The monoisotopic (exact) mass is 340 g/mol. The number of rotatable bonds is 5. The lowest BCUT2D eigenvalue weighted by Crippen LogP contribution is -2.43. The number of hydrogen-bond donors (Lipinski definition) is 0. The molecule has 1 saturated heterocycles. The van der Waals surface area contributed by atoms with E-state index >= 15 is 0 Å². The first kappa shape index (κ1) is 17.3. The van der Waals surface area contributed by atoms with Crippen molar-refractivity contribution in [2.75, 3.05) is 19.7 Å². The molecule has 1 fully saturated rings. The van der Waals surface area contributed by atoms with E-state index in [1.165, 1.54) is 16.2 Å². The number of ether oxygens (including phenoxy) is 1. The van der Waals surface area contributed by atoms with Crippen LogP contribution >= 0.6 is 0 Å². The molecule has 0 aliphatic carbocycles. The molecule has 1 unspecified atom stereocenters. The largest absolute Gasteiger partial charge is 0.493 e. The van der Waals surface area contributed by atoms with Crippen molar-refractivity contribution in [3.05, 3.63) is 64.6 Å². The number of aryl methyl sites for hydroxylation is 1. The van der Waals surface area contributed by atoms with Crippen LogP contribution in [-0.2, 0) is 11.3 Å². The highest BCUT2D eigenvalue weighted by atomic mass is 16.5. The van der Waals surface area contributed by atoms with Crippen LogP contribution in [-0.4, -0.2) is 35.1 Å². The Kier molecular flexibility index (Phi) is 5.53. The van der Waals surface area contributed by atoms with Gasteiger partial charge in [0.05, 0.1) is 6.61 Å². The Morgan fingerprint density at radius 2 is 2.12 bits per heavy atom. The van der Waals surface area contributed by atoms with E-state index in [-0.39, 0.29) is 18.0 Å². The average molecular weight is 340 g/mol. The lowest BCUT2D eigenvalue weighted by Gasteiger charge is -2.32. The number of hydrogen-bond acceptors (Lipinski definition) is 3. The SMILES string of the molecule is Cc1cccc(OCC2CCCN(C(=O)Cn3ccccc3=O)C2)c1. The number of nitrogens with zero attached hydrogens (tertiary/aromatic N) is 2. The van der Waals surface area contributed by atoms with Crippen LogP contribution < -0.4 is 10.3 Å². The van der Waals surface area contributed by atoms with Gasteiger partial charge in [-0.2, -0.15) is 0 Å². The second kappa shape index (κ2) is 8.01. The molecule has 5 nitrogen and oxygen atoms in total. The molecule has 25 heavy (non-hydrogen) atoms. The first-order valence-electron chi connectivity index (χ1n) is 8.74. The minimum absolute atomic E-state index is 0.00597. The highest BCUT2D eigenvalue weighted by Crippen LogP contribution is 2.19. The minimum atomic E-state index is -0.146. The van der Waals surface area contributed by atoms with Crippen molar-refractivity contribution in [3.63, 3.8) is 0 Å². The van der Waals surface area contributed by atoms with E-state index in [1.54, 1.807) is 18.3 Å². The van der Waals surface area contributed by atoms with Crippen molar-refractivity contribution in [3.8, 4) is 5.75 Å². The van der Waals surface area contributed by atoms with Crippen LogP contribution in [0.15, 0.2) is 53.5 Å². The van der Waals surface area contributed by atoms with E-state index in [2.05, 4.69) is 0 Å². The van der Waals surface area contributed by atoms with Crippen LogP contribution in [0.2, 0.25) is 0 Å². The highest BCUT2D eigenvalue weighted by Gasteiger charge is 2.24. The van der Waals surface area contributed by atoms with Gasteiger partial charge in [-0.05, 0) is 43.5 Å². The molecule has 0 radical (unpaired) electrons. The smallest absolute Gasteiger partial charge is 0.250 e. The molecule has 3 rings (SSSR count). The van der Waals surface area contributed by atoms with Gasteiger partial charge in [-0.1, -0.05) is 18.2 Å². The molecular weight excluding hydrogens is 316 g/mol. The molecule has 132 valence electrons. The Labute approximate surface area is 147 Å². The van der Waals surface area contributed by atoms with Gasteiger partial charge >= 0.3 is 0 Å². The third-order valence-corrected chi connectivity index (χ3v) is 4.55. The summed E-state index contributed by atoms with van der Waals surface area (Å²) in [7, 11) is 0. The van der Waals surface area contributed by atoms with E-state index in [0.29, 0.717) is 19.1 Å². The number of likely N-dealkylation sites (tertiary alicyclic amines) is 1. The third kappa shape index (κ3) is 4.72. The predicted molar refractivity (Wildman–Crippen MR) is 96.7 cm³/mol. The van der Waals surface area contributed by atoms with Crippen LogP contribution in [0.1, 0.15) is 18.4 Å². The quantitative estimate of drug-likeness (QED) is 0.840. The Hall–Kier alpha value is -2.56. The van der Waals surface area contributed by atoms with Gasteiger partial charge in [0.15, 0.2) is 0 Å². The first-order chi connectivity index (χ1) is 12.1. The summed E-state index contributed by atoms with van der Waals surface area (Å²) in [4.78, 5) is 26.1. The summed E-state index contributed by atoms with van der Waals surface area (Å²) in [5.41, 5.74) is 1.03. The van der Waals surface area contributed by atoms with Gasteiger partial charge in [0.1, 0.15) is 12.3 Å². The second-order valence-corrected chi connectivity index (χ2v) is 6.64. The molecule has 5 heteroatoms. The van der Waals surface area contributed by atoms with Crippen LogP contribution in [0.4, 0.5) is 0 Å². The van der Waals surface area contributed by atoms with Gasteiger partial charge in [-0.15, -0.1) is 0 Å². The van der Waals surface area contributed by atoms with Gasteiger partial charge in [0.2, 0.25) is 5.91 Å². The number of pyridine rings is 1. The lowest BCUT2D eigenvalue weighted by molar-refractivity contribution is -0.133. The van der Waals surface area contributed by atoms with E-state index in [0.717, 1.165) is 25.1 Å². The van der Waals surface area contributed by atoms with Crippen molar-refractivity contribution >= 4 is 5.91 Å². The molecule has 2 heterocycles. The number of piperidine rings is 1. The zero-order valence-electron chi connectivity index (χ0n) is 14.6. The van der Waals surface area contributed by atoms with Gasteiger partial charge in [0.25, 0.3) is 5.56 Å². The Morgan fingerprint density at radius 3 is 2.92 bits per heavy atom. The number of aromatic nitrogens is 1. The van der Waals surface area contributed by atoms with Gasteiger partial charge < -0.3 is 14.2 Å². The molecule has 1 amide bonds. The fourth-order valence-corrected chi connectivity index (χ4v) is 3.18. The van der Waals surface area contributed by atoms with Crippen molar-refractivity contribution in [2.24, 2.45) is 5.92 Å². The molecular formula is C20H24N2O3. The highest BCUT2D eigenvalue weighted by molar-refractivity contribution is 5.76. The molecule has 1 aromatic carbocycles. The second-order valence-electron chi connectivity index (χ2n) is 6.64. The van der Waals surface area contributed by atoms with E-state index in [1.807, 2.05) is 36.1 Å². The van der Waals surface area contributed by atoms with Crippen LogP contribution in [0.3, 0.4) is 0 Å². The maximum atomic E-state index is 12.5. The van der Waals surface area contributed by atoms with E-state index in [4.69, 9.17) is 4.74 Å². The molecule has 0 spiro atoms. The van der Waals surface area contributed by atoms with Crippen molar-refractivity contribution in [1.29, 1.82) is 0 Å². The normalized spacial score (nSPS) is 17.3. The summed E-state index contributed by atoms with van der Waals surface area (Å²) in [6.07, 6.45) is 3.68. The van der Waals surface area contributed by atoms with Crippen LogP contribution in [0.5, 0.6) is 5.75 Å². The van der Waals surface area contributed by atoms with E-state index < -0.39 is 0 Å². The fraction of sp³-hybridized carbons (Fsp3) is 0.400. The van der Waals surface area contributed by atoms with Gasteiger partial charge in [-0.3, -0.25) is 9.59 Å². The molecule has 1 aliphatic heterocycles. The van der Waals surface area contributed by atoms with Gasteiger partial charge in [0, 0.05) is 31.3 Å². The molecule has 1 aliphatic rings. The zero-order valence-corrected chi connectivity index (χ0v) is 14.6. The summed E-state index contributed by atoms with van der Waals surface area (Å²) < 4.78 is 7.35. The number of carbonyl (C=O) groups excluding carboxylic acids is 1. The minimum Gasteiger partial charge on any atom is -0.493 e. The molecule has 0 saturated carbocycles. The molecule has 0 N–H and O–H groups in total. The lowest BCUT2D eigenvalue weighted by atomic mass is 9.99. The van der Waals surface area contributed by atoms with Crippen LogP contribution in [0.25, 0.3) is 0 Å². The summed E-state index contributed by atoms with van der Waals surface area (Å²) in [6, 6.07) is 12.9. The number of benzene rings is 1. The zero-order chi connectivity index (χ0) is 17.6. The van der Waals surface area contributed by atoms with Crippen LogP contribution in [0, 0.1) is 12.8 Å². The van der Waals surface area contributed by atoms with Crippen molar-refractivity contribution in [1.82, 2.24) is 9.47 Å². The molecule has 2 aromatic rings. The van der Waals surface area contributed by atoms with Crippen molar-refractivity contribution < 1.29 is 9.53 Å². The Morgan fingerprint density at radius 1 is 1.24 bits per heavy atom. The third-order valence-electron chi connectivity index (χ3n) is 4.55. The predicted octanol–water partition coefficient (Wildman–Crippen LogP) is 2.47. The van der Waals surface area contributed by atoms with Gasteiger partial charge in [-0.25, -0.2) is 0 Å². The topological polar surface area (TPSA) is 51.5 Å². The fourth-order valence-electron chi connectivity index (χ4n) is 3.18. The summed E-state index contributed by atoms with van der Waals surface area (Å²) >= 11 is 0. The maximum Gasteiger partial charge on any atom is 0.250 e.